The van der Waals surface area contributed by atoms with Crippen LogP contribution in [0.1, 0.15) is 34.8 Å². The van der Waals surface area contributed by atoms with E-state index in [1.807, 2.05) is 25.0 Å². The van der Waals surface area contributed by atoms with Gasteiger partial charge in [0.2, 0.25) is 0 Å². The summed E-state index contributed by atoms with van der Waals surface area (Å²) in [5.41, 5.74) is 1.71. The highest BCUT2D eigenvalue weighted by molar-refractivity contribution is 6.33. The summed E-state index contributed by atoms with van der Waals surface area (Å²) in [6.07, 6.45) is 9.33. The number of hydrogen-bond acceptors (Lipinski definition) is 4. The zero-order chi connectivity index (χ0) is 18.0. The van der Waals surface area contributed by atoms with Gasteiger partial charge in [0.25, 0.3) is 5.91 Å². The van der Waals surface area contributed by atoms with Gasteiger partial charge in [-0.3, -0.25) is 19.4 Å². The third-order valence-corrected chi connectivity index (χ3v) is 5.23. The van der Waals surface area contributed by atoms with E-state index in [1.165, 1.54) is 11.8 Å². The smallest absolute Gasteiger partial charge is 0.255 e. The molecule has 0 aromatic carbocycles. The summed E-state index contributed by atoms with van der Waals surface area (Å²) >= 11 is 6.13. The van der Waals surface area contributed by atoms with Gasteiger partial charge in [0, 0.05) is 50.8 Å². The van der Waals surface area contributed by atoms with Crippen LogP contribution in [0.5, 0.6) is 0 Å². The van der Waals surface area contributed by atoms with Crippen LogP contribution in [0.25, 0.3) is 0 Å². The number of nitrogens with zero attached hydrogens (tertiary/aromatic N) is 5. The van der Waals surface area contributed by atoms with Gasteiger partial charge in [-0.1, -0.05) is 11.6 Å². The first-order valence-corrected chi connectivity index (χ1v) is 8.89. The van der Waals surface area contributed by atoms with Crippen LogP contribution in [0, 0.1) is 5.92 Å². The first-order valence-electron chi connectivity index (χ1n) is 8.51. The largest absolute Gasteiger partial charge is 0.341 e. The van der Waals surface area contributed by atoms with Gasteiger partial charge in [-0.15, -0.1) is 0 Å². The number of piperidine rings is 1. The highest BCUT2D eigenvalue weighted by atomic mass is 35.5. The lowest BCUT2D eigenvalue weighted by Crippen LogP contribution is -2.42. The Balaban J connectivity index is 1.77. The van der Waals surface area contributed by atoms with E-state index in [2.05, 4.69) is 28.2 Å². The maximum atomic E-state index is 12.8. The van der Waals surface area contributed by atoms with E-state index in [9.17, 15) is 4.79 Å². The molecule has 7 heteroatoms. The van der Waals surface area contributed by atoms with E-state index in [4.69, 9.17) is 11.6 Å². The first-order chi connectivity index (χ1) is 12.0. The molecule has 0 aliphatic carbocycles. The second-order valence-electron chi connectivity index (χ2n) is 6.82. The Kier molecular flexibility index (Phi) is 5.39. The molecule has 1 aliphatic heterocycles. The van der Waals surface area contributed by atoms with Gasteiger partial charge in [0.1, 0.15) is 0 Å². The van der Waals surface area contributed by atoms with Gasteiger partial charge in [-0.2, -0.15) is 5.10 Å². The fourth-order valence-corrected chi connectivity index (χ4v) is 3.96. The summed E-state index contributed by atoms with van der Waals surface area (Å²) in [6, 6.07) is 1.94. The molecule has 0 N–H and O–H groups in total. The number of carbonyl (C=O) groups is 1. The molecular weight excluding hydrogens is 338 g/mol. The van der Waals surface area contributed by atoms with Crippen LogP contribution in [0.15, 0.2) is 30.9 Å². The van der Waals surface area contributed by atoms with E-state index in [-0.39, 0.29) is 11.9 Å². The molecule has 1 amide bonds. The fourth-order valence-electron chi connectivity index (χ4n) is 3.76. The second kappa shape index (κ2) is 7.54. The van der Waals surface area contributed by atoms with E-state index >= 15 is 0 Å². The Bertz CT molecular complexity index is 747. The van der Waals surface area contributed by atoms with Crippen LogP contribution in [0.3, 0.4) is 0 Å². The lowest BCUT2D eigenvalue weighted by atomic mass is 9.85. The van der Waals surface area contributed by atoms with Crippen molar-refractivity contribution < 1.29 is 4.79 Å². The number of pyridine rings is 1. The van der Waals surface area contributed by atoms with Crippen LogP contribution in [0.4, 0.5) is 0 Å². The normalized spacial score (nSPS) is 21.3. The standard InChI is InChI=1S/C18H24ClN5O/c1-22-8-4-5-13(17(22)14-9-21-24(3)12-14)11-23(2)18(25)15-6-7-20-10-16(15)19/h6-7,9-10,12-13,17H,4-5,8,11H2,1-3H3/t13-,17+/m0/s1. The molecule has 0 bridgehead atoms. The van der Waals surface area contributed by atoms with Crippen molar-refractivity contribution in [3.63, 3.8) is 0 Å². The van der Waals surface area contributed by atoms with Crippen LogP contribution in [0.2, 0.25) is 5.02 Å². The molecule has 3 heterocycles. The topological polar surface area (TPSA) is 54.3 Å². The lowest BCUT2D eigenvalue weighted by molar-refractivity contribution is 0.0645. The van der Waals surface area contributed by atoms with Crippen LogP contribution >= 0.6 is 11.6 Å². The molecule has 1 aliphatic rings. The molecule has 1 saturated heterocycles. The van der Waals surface area contributed by atoms with E-state index in [0.29, 0.717) is 23.0 Å². The molecule has 1 fully saturated rings. The Morgan fingerprint density at radius 1 is 1.40 bits per heavy atom. The number of likely N-dealkylation sites (tertiary alicyclic amines) is 1. The predicted molar refractivity (Wildman–Crippen MR) is 97.5 cm³/mol. The van der Waals surface area contributed by atoms with Crippen LogP contribution in [-0.2, 0) is 7.05 Å². The number of aryl methyl sites for hydroxylation is 1. The minimum Gasteiger partial charge on any atom is -0.341 e. The molecule has 2 atom stereocenters. The van der Waals surface area contributed by atoms with Crippen molar-refractivity contribution >= 4 is 17.5 Å². The van der Waals surface area contributed by atoms with Gasteiger partial charge in [0.05, 0.1) is 16.8 Å². The average molecular weight is 362 g/mol. The third kappa shape index (κ3) is 3.85. The monoisotopic (exact) mass is 361 g/mol. The summed E-state index contributed by atoms with van der Waals surface area (Å²) in [4.78, 5) is 20.8. The summed E-state index contributed by atoms with van der Waals surface area (Å²) in [5, 5.41) is 4.71. The number of carbonyl (C=O) groups excluding carboxylic acids is 1. The van der Waals surface area contributed by atoms with Crippen molar-refractivity contribution in [1.29, 1.82) is 0 Å². The van der Waals surface area contributed by atoms with Crippen molar-refractivity contribution in [2.24, 2.45) is 13.0 Å². The summed E-state index contributed by atoms with van der Waals surface area (Å²) in [6.45, 7) is 1.74. The summed E-state index contributed by atoms with van der Waals surface area (Å²) in [7, 11) is 5.92. The molecule has 6 nitrogen and oxygen atoms in total. The van der Waals surface area contributed by atoms with Gasteiger partial charge in [-0.25, -0.2) is 0 Å². The summed E-state index contributed by atoms with van der Waals surface area (Å²) < 4.78 is 1.83. The lowest BCUT2D eigenvalue weighted by Gasteiger charge is -2.40. The first kappa shape index (κ1) is 17.9. The molecule has 134 valence electrons. The molecular formula is C18H24ClN5O. The fraction of sp³-hybridized carbons (Fsp3) is 0.500. The predicted octanol–water partition coefficient (Wildman–Crippen LogP) is 2.62. The number of amides is 1. The third-order valence-electron chi connectivity index (χ3n) is 4.93. The number of rotatable bonds is 4. The van der Waals surface area contributed by atoms with Gasteiger partial charge < -0.3 is 4.90 Å². The maximum Gasteiger partial charge on any atom is 0.255 e. The minimum absolute atomic E-state index is 0.0643. The van der Waals surface area contributed by atoms with Crippen LogP contribution < -0.4 is 0 Å². The molecule has 2 aromatic rings. The van der Waals surface area contributed by atoms with Crippen molar-refractivity contribution in [3.8, 4) is 0 Å². The molecule has 0 spiro atoms. The highest BCUT2D eigenvalue weighted by Crippen LogP contribution is 2.35. The van der Waals surface area contributed by atoms with E-state index in [1.54, 1.807) is 17.2 Å². The molecule has 0 radical (unpaired) electrons. The highest BCUT2D eigenvalue weighted by Gasteiger charge is 2.33. The molecule has 2 aromatic heterocycles. The van der Waals surface area contributed by atoms with Crippen molar-refractivity contribution in [2.45, 2.75) is 18.9 Å². The maximum absolute atomic E-state index is 12.8. The van der Waals surface area contributed by atoms with Crippen LogP contribution in [-0.4, -0.2) is 57.7 Å². The average Bonchev–Trinajstić information content (AvgIpc) is 3.00. The number of hydrogen-bond donors (Lipinski definition) is 0. The Morgan fingerprint density at radius 3 is 2.88 bits per heavy atom. The number of aromatic nitrogens is 3. The van der Waals surface area contributed by atoms with Crippen molar-refractivity contribution in [2.75, 3.05) is 27.2 Å². The zero-order valence-corrected chi connectivity index (χ0v) is 15.6. The molecule has 25 heavy (non-hydrogen) atoms. The van der Waals surface area contributed by atoms with E-state index < -0.39 is 0 Å². The van der Waals surface area contributed by atoms with Crippen molar-refractivity contribution in [3.05, 3.63) is 47.0 Å². The van der Waals surface area contributed by atoms with Crippen molar-refractivity contribution in [1.82, 2.24) is 24.6 Å². The minimum atomic E-state index is -0.0643. The quantitative estimate of drug-likeness (QED) is 0.840. The summed E-state index contributed by atoms with van der Waals surface area (Å²) in [5.74, 6) is 0.295. The van der Waals surface area contributed by atoms with Gasteiger partial charge in [0.15, 0.2) is 0 Å². The van der Waals surface area contributed by atoms with Gasteiger partial charge in [-0.05, 0) is 38.4 Å². The molecule has 3 rings (SSSR count). The van der Waals surface area contributed by atoms with E-state index in [0.717, 1.165) is 19.4 Å². The number of halogens is 1. The SMILES string of the molecule is CN(C[C@@H]1CCCN(C)[C@H]1c1cnn(C)c1)C(=O)c1ccncc1Cl. The Morgan fingerprint density at radius 2 is 2.20 bits per heavy atom. The molecule has 0 saturated carbocycles. The Labute approximate surface area is 153 Å². The Hall–Kier alpha value is -1.92. The van der Waals surface area contributed by atoms with Gasteiger partial charge >= 0.3 is 0 Å². The second-order valence-corrected chi connectivity index (χ2v) is 7.22. The zero-order valence-electron chi connectivity index (χ0n) is 14.9. The molecule has 0 unspecified atom stereocenters.